The monoisotopic (exact) mass is 387 g/mol. The third-order valence-corrected chi connectivity index (χ3v) is 5.99. The van der Waals surface area contributed by atoms with Crippen molar-refractivity contribution in [2.24, 2.45) is 5.92 Å². The van der Waals surface area contributed by atoms with Crippen LogP contribution in [0.25, 0.3) is 0 Å². The van der Waals surface area contributed by atoms with Crippen LogP contribution in [0.5, 0.6) is 0 Å². The van der Waals surface area contributed by atoms with E-state index >= 15 is 0 Å². The van der Waals surface area contributed by atoms with Crippen molar-refractivity contribution in [2.45, 2.75) is 72.1 Å². The maximum Gasteiger partial charge on any atom is 0.136 e. The summed E-state index contributed by atoms with van der Waals surface area (Å²) in [6.07, 6.45) is 6.03. The van der Waals surface area contributed by atoms with Crippen molar-refractivity contribution < 1.29 is 4.79 Å². The molecular weight excluding hydrogens is 362 g/mol. The second-order valence-electron chi connectivity index (χ2n) is 6.22. The summed E-state index contributed by atoms with van der Waals surface area (Å²) in [5.41, 5.74) is 1.76. The number of halogens is 2. The molecule has 2 nitrogen and oxygen atoms in total. The van der Waals surface area contributed by atoms with E-state index in [4.69, 9.17) is 11.6 Å². The predicted molar refractivity (Wildman–Crippen MR) is 97.6 cm³/mol. The zero-order valence-electron chi connectivity index (χ0n) is 14.3. The van der Waals surface area contributed by atoms with E-state index in [0.29, 0.717) is 17.2 Å². The molecule has 0 saturated heterocycles. The number of aryl methyl sites for hydroxylation is 1. The highest BCUT2D eigenvalue weighted by atomic mass is 79.9. The maximum absolute atomic E-state index is 12.6. The minimum Gasteiger partial charge on any atom is -0.299 e. The number of nitrogens with zero attached hydrogens (tertiary/aromatic N) is 1. The Kier molecular flexibility index (Phi) is 7.54. The molecule has 0 aromatic carbocycles. The molecule has 1 aromatic rings. The van der Waals surface area contributed by atoms with Crippen LogP contribution in [0.1, 0.15) is 71.1 Å². The summed E-state index contributed by atoms with van der Waals surface area (Å²) < 4.78 is 0.805. The molecule has 4 heteroatoms. The van der Waals surface area contributed by atoms with Gasteiger partial charge in [-0.3, -0.25) is 9.78 Å². The van der Waals surface area contributed by atoms with Gasteiger partial charge in [-0.2, -0.15) is 0 Å². The Labute approximate surface area is 148 Å². The molecule has 0 spiro atoms. The normalized spacial score (nSPS) is 15.4. The fraction of sp³-hybridized carbons (Fsp3) is 0.667. The van der Waals surface area contributed by atoms with Gasteiger partial charge < -0.3 is 0 Å². The second-order valence-corrected chi connectivity index (χ2v) is 7.45. The van der Waals surface area contributed by atoms with Crippen LogP contribution in [0.4, 0.5) is 0 Å². The number of hydrogen-bond donors (Lipinski definition) is 0. The first-order chi connectivity index (χ1) is 10.3. The fourth-order valence-corrected chi connectivity index (χ4v) is 3.85. The quantitative estimate of drug-likeness (QED) is 0.526. The molecule has 0 amide bonds. The Balaban J connectivity index is 3.40. The van der Waals surface area contributed by atoms with Gasteiger partial charge in [-0.25, -0.2) is 0 Å². The van der Waals surface area contributed by atoms with Crippen LogP contribution in [0.15, 0.2) is 10.7 Å². The molecule has 0 aliphatic carbocycles. The lowest BCUT2D eigenvalue weighted by Crippen LogP contribution is -2.32. The molecule has 0 fully saturated rings. The van der Waals surface area contributed by atoms with Crippen LogP contribution >= 0.6 is 27.5 Å². The Morgan fingerprint density at radius 2 is 2.05 bits per heavy atom. The summed E-state index contributed by atoms with van der Waals surface area (Å²) in [4.78, 5) is 17.1. The maximum atomic E-state index is 12.6. The molecule has 1 rings (SSSR count). The molecule has 0 saturated carbocycles. The van der Waals surface area contributed by atoms with Crippen LogP contribution < -0.4 is 0 Å². The highest BCUT2D eigenvalue weighted by Gasteiger charge is 2.37. The Morgan fingerprint density at radius 1 is 1.41 bits per heavy atom. The average molecular weight is 389 g/mol. The van der Waals surface area contributed by atoms with Gasteiger partial charge in [0.1, 0.15) is 5.78 Å². The average Bonchev–Trinajstić information content (AvgIpc) is 2.50. The first kappa shape index (κ1) is 19.6. The molecule has 1 aromatic heterocycles. The molecule has 124 valence electrons. The largest absolute Gasteiger partial charge is 0.299 e. The molecule has 2 atom stereocenters. The number of aromatic nitrogens is 1. The van der Waals surface area contributed by atoms with Gasteiger partial charge in [0.2, 0.25) is 0 Å². The molecule has 2 unspecified atom stereocenters. The third kappa shape index (κ3) is 4.11. The Hall–Kier alpha value is -0.410. The van der Waals surface area contributed by atoms with E-state index in [2.05, 4.69) is 41.7 Å². The molecule has 0 bridgehead atoms. The highest BCUT2D eigenvalue weighted by Crippen LogP contribution is 2.44. The molecular formula is C18H27BrClNO. The van der Waals surface area contributed by atoms with E-state index in [9.17, 15) is 4.79 Å². The van der Waals surface area contributed by atoms with Gasteiger partial charge in [0, 0.05) is 29.6 Å². The van der Waals surface area contributed by atoms with Crippen molar-refractivity contribution in [3.63, 3.8) is 0 Å². The van der Waals surface area contributed by atoms with Gasteiger partial charge in [-0.1, -0.05) is 45.7 Å². The van der Waals surface area contributed by atoms with Gasteiger partial charge in [-0.15, -0.1) is 0 Å². The second kappa shape index (κ2) is 8.44. The first-order valence-corrected chi connectivity index (χ1v) is 9.33. The summed E-state index contributed by atoms with van der Waals surface area (Å²) in [6.45, 7) is 10.4. The molecule has 0 radical (unpaired) electrons. The lowest BCUT2D eigenvalue weighted by molar-refractivity contribution is -0.123. The van der Waals surface area contributed by atoms with Crippen molar-refractivity contribution >= 4 is 33.3 Å². The SMILES string of the molecule is CCCC(CC)(CC(=O)C(C)CC)c1c(C)ncc(Br)c1Cl. The Morgan fingerprint density at radius 3 is 2.55 bits per heavy atom. The zero-order valence-corrected chi connectivity index (χ0v) is 16.6. The van der Waals surface area contributed by atoms with E-state index in [0.717, 1.165) is 41.4 Å². The van der Waals surface area contributed by atoms with Gasteiger partial charge in [-0.05, 0) is 47.7 Å². The number of hydrogen-bond acceptors (Lipinski definition) is 2. The molecule has 0 N–H and O–H groups in total. The lowest BCUT2D eigenvalue weighted by Gasteiger charge is -2.35. The van der Waals surface area contributed by atoms with E-state index in [1.54, 1.807) is 6.20 Å². The van der Waals surface area contributed by atoms with Crippen molar-refractivity contribution in [1.29, 1.82) is 0 Å². The van der Waals surface area contributed by atoms with Crippen molar-refractivity contribution in [3.8, 4) is 0 Å². The van der Waals surface area contributed by atoms with Gasteiger partial charge in [0.15, 0.2) is 0 Å². The number of carbonyl (C=O) groups is 1. The number of carbonyl (C=O) groups excluding carboxylic acids is 1. The summed E-state index contributed by atoms with van der Waals surface area (Å²) in [5, 5.41) is 0.708. The number of rotatable bonds is 8. The first-order valence-electron chi connectivity index (χ1n) is 8.16. The zero-order chi connectivity index (χ0) is 16.9. The van der Waals surface area contributed by atoms with E-state index in [1.165, 1.54) is 0 Å². The van der Waals surface area contributed by atoms with E-state index in [1.807, 2.05) is 13.8 Å². The molecule has 22 heavy (non-hydrogen) atoms. The minimum absolute atomic E-state index is 0.0991. The van der Waals surface area contributed by atoms with E-state index in [-0.39, 0.29) is 11.3 Å². The van der Waals surface area contributed by atoms with Crippen LogP contribution in [0.2, 0.25) is 5.02 Å². The van der Waals surface area contributed by atoms with Gasteiger partial charge in [0.05, 0.1) is 9.50 Å². The number of ketones is 1. The molecule has 1 heterocycles. The third-order valence-electron chi connectivity index (χ3n) is 4.77. The predicted octanol–water partition coefficient (Wildman–Crippen LogP) is 6.26. The Bertz CT molecular complexity index is 532. The van der Waals surface area contributed by atoms with Crippen LogP contribution in [-0.4, -0.2) is 10.8 Å². The van der Waals surface area contributed by atoms with Gasteiger partial charge in [0.25, 0.3) is 0 Å². The summed E-state index contributed by atoms with van der Waals surface area (Å²) in [6, 6.07) is 0. The molecule has 0 aliphatic heterocycles. The smallest absolute Gasteiger partial charge is 0.136 e. The lowest BCUT2D eigenvalue weighted by atomic mass is 9.69. The van der Waals surface area contributed by atoms with E-state index < -0.39 is 0 Å². The van der Waals surface area contributed by atoms with Gasteiger partial charge >= 0.3 is 0 Å². The standard InChI is InChI=1S/C18H27BrClNO/c1-6-9-18(8-3,10-15(22)12(4)7-2)16-13(5)21-11-14(19)17(16)20/h11-12H,6-10H2,1-5H3. The van der Waals surface area contributed by atoms with Crippen LogP contribution in [0.3, 0.4) is 0 Å². The van der Waals surface area contributed by atoms with Crippen molar-refractivity contribution in [1.82, 2.24) is 4.98 Å². The minimum atomic E-state index is -0.215. The van der Waals surface area contributed by atoms with Crippen LogP contribution in [0, 0.1) is 12.8 Å². The summed E-state index contributed by atoms with van der Waals surface area (Å²) >= 11 is 10.1. The topological polar surface area (TPSA) is 30.0 Å². The van der Waals surface area contributed by atoms with Crippen molar-refractivity contribution in [3.05, 3.63) is 26.9 Å². The summed E-state index contributed by atoms with van der Waals surface area (Å²) in [7, 11) is 0. The number of pyridine rings is 1. The summed E-state index contributed by atoms with van der Waals surface area (Å²) in [5.74, 6) is 0.426. The molecule has 0 aliphatic rings. The van der Waals surface area contributed by atoms with Crippen molar-refractivity contribution in [2.75, 3.05) is 0 Å². The van der Waals surface area contributed by atoms with Crippen LogP contribution in [-0.2, 0) is 10.2 Å². The number of Topliss-reactive ketones (excluding diaryl/α,β-unsaturated/α-hetero) is 1. The highest BCUT2D eigenvalue weighted by molar-refractivity contribution is 9.10. The fourth-order valence-electron chi connectivity index (χ4n) is 3.16.